The van der Waals surface area contributed by atoms with E-state index in [2.05, 4.69) is 43.4 Å². The Morgan fingerprint density at radius 2 is 2.11 bits per heavy atom. The average molecular weight is 420 g/mol. The van der Waals surface area contributed by atoms with Crippen molar-refractivity contribution in [2.24, 2.45) is 5.92 Å². The summed E-state index contributed by atoms with van der Waals surface area (Å²) in [5.74, 6) is 4.50. The number of fused-ring (bicyclic) bond motifs is 1. The van der Waals surface area contributed by atoms with Gasteiger partial charge in [-0.2, -0.15) is 0 Å². The van der Waals surface area contributed by atoms with Crippen LogP contribution in [0.15, 0.2) is 52.3 Å². The molecule has 1 N–H and O–H groups in total. The van der Waals surface area contributed by atoms with Crippen molar-refractivity contribution in [3.63, 3.8) is 0 Å². The Balaban J connectivity index is 1.46. The summed E-state index contributed by atoms with van der Waals surface area (Å²) >= 11 is 3.73. The topological polar surface area (TPSA) is 39.7 Å². The molecule has 1 aliphatic rings. The molecule has 1 unspecified atom stereocenters. The molecule has 0 saturated heterocycles. The van der Waals surface area contributed by atoms with E-state index in [9.17, 15) is 0 Å². The van der Waals surface area contributed by atoms with Gasteiger partial charge in [-0.25, -0.2) is 0 Å². The van der Waals surface area contributed by atoms with Crippen molar-refractivity contribution in [2.45, 2.75) is 29.7 Å². The van der Waals surface area contributed by atoms with Crippen molar-refractivity contribution >= 4 is 23.5 Å². The minimum absolute atomic E-state index is 0.274. The Kier molecular flexibility index (Phi) is 8.40. The molecule has 4 nitrogen and oxygen atoms in total. The van der Waals surface area contributed by atoms with Crippen molar-refractivity contribution in [3.8, 4) is 11.5 Å². The normalized spacial score (nSPS) is 17.3. The fourth-order valence-corrected chi connectivity index (χ4v) is 5.11. The fourth-order valence-electron chi connectivity index (χ4n) is 2.93. The van der Waals surface area contributed by atoms with Crippen LogP contribution < -0.4 is 14.8 Å². The second-order valence-corrected chi connectivity index (χ2v) is 9.14. The zero-order chi connectivity index (χ0) is 19.8. The van der Waals surface area contributed by atoms with Crippen LogP contribution in [0.4, 0.5) is 0 Å². The van der Waals surface area contributed by atoms with Crippen LogP contribution in [-0.4, -0.2) is 44.6 Å². The van der Waals surface area contributed by atoms with Crippen LogP contribution in [0.5, 0.6) is 11.5 Å². The molecule has 2 aromatic rings. The van der Waals surface area contributed by atoms with Gasteiger partial charge >= 0.3 is 0 Å². The van der Waals surface area contributed by atoms with Gasteiger partial charge in [0, 0.05) is 23.5 Å². The maximum atomic E-state index is 5.97. The minimum atomic E-state index is 0.274. The molecule has 0 spiro atoms. The van der Waals surface area contributed by atoms with Crippen molar-refractivity contribution in [1.29, 1.82) is 0 Å². The maximum Gasteiger partial charge on any atom is 0.188 e. The van der Waals surface area contributed by atoms with E-state index in [1.165, 1.54) is 15.4 Å². The van der Waals surface area contributed by atoms with E-state index in [-0.39, 0.29) is 6.79 Å². The van der Waals surface area contributed by atoms with Gasteiger partial charge in [-0.1, -0.05) is 31.2 Å². The molecule has 0 saturated carbocycles. The molecule has 0 amide bonds. The lowest BCUT2D eigenvalue weighted by molar-refractivity contribution is 0.0491. The predicted octanol–water partition coefficient (Wildman–Crippen LogP) is 4.85. The highest BCUT2D eigenvalue weighted by Crippen LogP contribution is 2.34. The van der Waals surface area contributed by atoms with E-state index in [0.29, 0.717) is 12.0 Å². The largest absolute Gasteiger partial charge is 0.491 e. The highest BCUT2D eigenvalue weighted by Gasteiger charge is 2.18. The van der Waals surface area contributed by atoms with Crippen molar-refractivity contribution in [3.05, 3.63) is 48.0 Å². The molecular weight excluding hydrogens is 390 g/mol. The monoisotopic (exact) mass is 419 g/mol. The summed E-state index contributed by atoms with van der Waals surface area (Å²) < 4.78 is 16.7. The number of nitrogens with one attached hydrogen (secondary N) is 1. The highest BCUT2D eigenvalue weighted by molar-refractivity contribution is 7.99. The number of benzene rings is 2. The molecule has 0 fully saturated rings. The van der Waals surface area contributed by atoms with Gasteiger partial charge < -0.3 is 19.5 Å². The number of aryl methyl sites for hydroxylation is 1. The maximum absolute atomic E-state index is 5.97. The third kappa shape index (κ3) is 6.08. The number of rotatable bonds is 9. The van der Waals surface area contributed by atoms with Crippen LogP contribution in [0.25, 0.3) is 0 Å². The number of ether oxygens (including phenoxy) is 3. The minimum Gasteiger partial charge on any atom is -0.491 e. The summed E-state index contributed by atoms with van der Waals surface area (Å²) in [5, 5.41) is 3.69. The predicted molar refractivity (Wildman–Crippen MR) is 118 cm³/mol. The molecule has 1 aliphatic heterocycles. The second kappa shape index (κ2) is 11.0. The number of para-hydroxylation sites is 1. The van der Waals surface area contributed by atoms with E-state index >= 15 is 0 Å². The van der Waals surface area contributed by atoms with Crippen molar-refractivity contribution < 1.29 is 14.2 Å². The third-order valence-electron chi connectivity index (χ3n) is 4.50. The summed E-state index contributed by atoms with van der Waals surface area (Å²) in [6, 6.07) is 14.8. The molecular formula is C22H29NO3S2. The van der Waals surface area contributed by atoms with Crippen molar-refractivity contribution in [1.82, 2.24) is 5.32 Å². The number of thioether (sulfide) groups is 2. The standard InChI is InChI=1S/C22H29NO3S2/c1-16(13-28-22-17(2)7-6-9-20(22)26-15-24-3)11-23-18-12-25-19-8-4-5-10-21(19)27-14-18/h4-10,16,18,23H,11-15H2,1-3H3/t16-,18?/m1/s1. The number of hydrogen-bond acceptors (Lipinski definition) is 6. The molecule has 0 aromatic heterocycles. The van der Waals surface area contributed by atoms with Crippen LogP contribution in [-0.2, 0) is 4.74 Å². The molecule has 6 heteroatoms. The summed E-state index contributed by atoms with van der Waals surface area (Å²) in [6.45, 7) is 6.38. The lowest BCUT2D eigenvalue weighted by Gasteiger charge is -2.20. The number of hydrogen-bond donors (Lipinski definition) is 1. The van der Waals surface area contributed by atoms with Gasteiger partial charge in [-0.05, 0) is 43.1 Å². The first-order valence-electron chi connectivity index (χ1n) is 9.59. The van der Waals surface area contributed by atoms with Crippen LogP contribution in [0.1, 0.15) is 12.5 Å². The van der Waals surface area contributed by atoms with Crippen LogP contribution in [0.3, 0.4) is 0 Å². The Morgan fingerprint density at radius 1 is 1.25 bits per heavy atom. The zero-order valence-corrected chi connectivity index (χ0v) is 18.4. The molecule has 152 valence electrons. The van der Waals surface area contributed by atoms with Crippen LogP contribution in [0.2, 0.25) is 0 Å². The SMILES string of the molecule is COCOc1cccc(C)c1SC[C@H](C)CNC1COc2ccccc2SC1. The summed E-state index contributed by atoms with van der Waals surface area (Å²) in [5.41, 5.74) is 1.24. The Labute approximate surface area is 176 Å². The van der Waals surface area contributed by atoms with Gasteiger partial charge in [0.1, 0.15) is 18.1 Å². The Bertz CT molecular complexity index is 729. The first-order valence-corrected chi connectivity index (χ1v) is 11.6. The molecule has 2 atom stereocenters. The molecule has 28 heavy (non-hydrogen) atoms. The smallest absolute Gasteiger partial charge is 0.188 e. The van der Waals surface area contributed by atoms with Gasteiger partial charge in [0.2, 0.25) is 0 Å². The lowest BCUT2D eigenvalue weighted by atomic mass is 10.2. The Hall–Kier alpha value is -1.34. The first kappa shape index (κ1) is 21.4. The summed E-state index contributed by atoms with van der Waals surface area (Å²) in [4.78, 5) is 2.44. The number of methoxy groups -OCH3 is 1. The second-order valence-electron chi connectivity index (χ2n) is 7.04. The molecule has 3 rings (SSSR count). The molecule has 0 radical (unpaired) electrons. The van der Waals surface area contributed by atoms with Crippen LogP contribution in [0, 0.1) is 12.8 Å². The van der Waals surface area contributed by atoms with Gasteiger partial charge in [0.05, 0.1) is 10.9 Å². The highest BCUT2D eigenvalue weighted by atomic mass is 32.2. The fraction of sp³-hybridized carbons (Fsp3) is 0.455. The van der Waals surface area contributed by atoms with Gasteiger partial charge in [-0.15, -0.1) is 23.5 Å². The lowest BCUT2D eigenvalue weighted by Crippen LogP contribution is -2.39. The van der Waals surface area contributed by atoms with Gasteiger partial charge in [0.15, 0.2) is 6.79 Å². The van der Waals surface area contributed by atoms with Crippen molar-refractivity contribution in [2.75, 3.05) is 38.6 Å². The van der Waals surface area contributed by atoms with E-state index in [1.54, 1.807) is 7.11 Å². The zero-order valence-electron chi connectivity index (χ0n) is 16.8. The average Bonchev–Trinajstić information content (AvgIpc) is 2.92. The van der Waals surface area contributed by atoms with E-state index < -0.39 is 0 Å². The van der Waals surface area contributed by atoms with E-state index in [1.807, 2.05) is 41.7 Å². The third-order valence-corrected chi connectivity index (χ3v) is 7.27. The van der Waals surface area contributed by atoms with Gasteiger partial charge in [-0.3, -0.25) is 0 Å². The molecule has 2 aromatic carbocycles. The molecule has 1 heterocycles. The van der Waals surface area contributed by atoms with E-state index in [0.717, 1.165) is 36.2 Å². The van der Waals surface area contributed by atoms with Gasteiger partial charge in [0.25, 0.3) is 0 Å². The molecule has 0 bridgehead atoms. The summed E-state index contributed by atoms with van der Waals surface area (Å²) in [7, 11) is 1.64. The summed E-state index contributed by atoms with van der Waals surface area (Å²) in [6.07, 6.45) is 0. The quantitative estimate of drug-likeness (QED) is 0.463. The Morgan fingerprint density at radius 3 is 2.96 bits per heavy atom. The van der Waals surface area contributed by atoms with Crippen LogP contribution >= 0.6 is 23.5 Å². The molecule has 0 aliphatic carbocycles. The first-order chi connectivity index (χ1) is 13.7. The van der Waals surface area contributed by atoms with E-state index in [4.69, 9.17) is 14.2 Å².